The van der Waals surface area contributed by atoms with Gasteiger partial charge in [-0.1, -0.05) is 42.5 Å². The van der Waals surface area contributed by atoms with Crippen molar-refractivity contribution in [2.24, 2.45) is 0 Å². The first-order chi connectivity index (χ1) is 15.6. The van der Waals surface area contributed by atoms with Crippen molar-refractivity contribution < 1.29 is 18.9 Å². The molecule has 1 aromatic heterocycles. The van der Waals surface area contributed by atoms with Crippen LogP contribution in [-0.4, -0.2) is 22.0 Å². The molecule has 0 saturated carbocycles. The molecule has 3 aromatic carbocycles. The highest BCUT2D eigenvalue weighted by atomic mass is 19.1. The number of aromatic nitrogens is 2. The molecule has 0 bridgehead atoms. The second kappa shape index (κ2) is 8.23. The van der Waals surface area contributed by atoms with Gasteiger partial charge in [0.1, 0.15) is 29.2 Å². The number of halogens is 1. The molecule has 158 valence electrons. The van der Waals surface area contributed by atoms with Gasteiger partial charge in [0.25, 0.3) is 0 Å². The van der Waals surface area contributed by atoms with Crippen LogP contribution in [0.1, 0.15) is 21.6 Å². The van der Waals surface area contributed by atoms with Crippen LogP contribution in [0.3, 0.4) is 0 Å². The van der Waals surface area contributed by atoms with E-state index in [2.05, 4.69) is 5.32 Å². The Morgan fingerprint density at radius 2 is 1.66 bits per heavy atom. The van der Waals surface area contributed by atoms with E-state index >= 15 is 0 Å². The summed E-state index contributed by atoms with van der Waals surface area (Å²) < 4.78 is 14.9. The minimum Gasteiger partial charge on any atom is -0.508 e. The molecule has 0 spiro atoms. The summed E-state index contributed by atoms with van der Waals surface area (Å²) in [6.07, 6.45) is 2.74. The molecule has 1 aliphatic rings. The molecule has 1 unspecified atom stereocenters. The van der Waals surface area contributed by atoms with E-state index in [0.717, 1.165) is 22.4 Å². The van der Waals surface area contributed by atoms with Gasteiger partial charge in [-0.25, -0.2) is 14.2 Å². The van der Waals surface area contributed by atoms with Gasteiger partial charge in [-0.05, 0) is 47.5 Å². The van der Waals surface area contributed by atoms with E-state index in [1.807, 2.05) is 30.3 Å². The lowest BCUT2D eigenvalue weighted by Crippen LogP contribution is -2.44. The van der Waals surface area contributed by atoms with Crippen LogP contribution in [0.15, 0.2) is 85.1 Å². The fourth-order valence-electron chi connectivity index (χ4n) is 3.95. The third kappa shape index (κ3) is 3.95. The second-order valence-electron chi connectivity index (χ2n) is 7.87. The minimum absolute atomic E-state index is 0.0823. The van der Waals surface area contributed by atoms with Crippen molar-refractivity contribution in [2.75, 3.05) is 5.32 Å². The average molecular weight is 426 g/mol. The van der Waals surface area contributed by atoms with Crippen molar-refractivity contribution in [1.29, 1.82) is 0 Å². The molecular formula is C26H21FN3O2+. The van der Waals surface area contributed by atoms with Crippen molar-refractivity contribution in [3.8, 4) is 17.0 Å². The SMILES string of the molecule is O=C1C(Cc2ccc(F)cc2)Nc2c(Cc3ccccc3)nc(-c3ccc(O)cc3)c[n+]21. The van der Waals surface area contributed by atoms with Crippen LogP contribution in [0.4, 0.5) is 10.2 Å². The maximum absolute atomic E-state index is 13.3. The number of anilines is 1. The lowest BCUT2D eigenvalue weighted by molar-refractivity contribution is -0.552. The molecule has 4 aromatic rings. The number of benzene rings is 3. The first kappa shape index (κ1) is 19.9. The first-order valence-electron chi connectivity index (χ1n) is 10.4. The monoisotopic (exact) mass is 426 g/mol. The number of hydrogen-bond acceptors (Lipinski definition) is 4. The van der Waals surface area contributed by atoms with Gasteiger partial charge in [-0.2, -0.15) is 4.57 Å². The number of phenolic OH excluding ortho intramolecular Hbond substituents is 1. The molecule has 0 saturated heterocycles. The summed E-state index contributed by atoms with van der Waals surface area (Å²) in [7, 11) is 0. The molecule has 5 nitrogen and oxygen atoms in total. The number of carbonyl (C=O) groups is 1. The smallest absolute Gasteiger partial charge is 0.359 e. The topological polar surface area (TPSA) is 66.1 Å². The third-order valence-electron chi connectivity index (χ3n) is 5.60. The van der Waals surface area contributed by atoms with Crippen LogP contribution in [0.2, 0.25) is 0 Å². The van der Waals surface area contributed by atoms with Gasteiger partial charge in [0.2, 0.25) is 0 Å². The molecule has 6 heteroatoms. The number of phenols is 1. The third-order valence-corrected chi connectivity index (χ3v) is 5.60. The van der Waals surface area contributed by atoms with Gasteiger partial charge in [-0.15, -0.1) is 0 Å². The quantitative estimate of drug-likeness (QED) is 0.471. The number of rotatable bonds is 5. The number of fused-ring (bicyclic) bond motifs is 1. The van der Waals surface area contributed by atoms with Crippen molar-refractivity contribution in [3.05, 3.63) is 108 Å². The van der Waals surface area contributed by atoms with Crippen LogP contribution in [0.5, 0.6) is 5.75 Å². The van der Waals surface area contributed by atoms with Crippen LogP contribution in [0.25, 0.3) is 11.3 Å². The van der Waals surface area contributed by atoms with Crippen molar-refractivity contribution >= 4 is 11.7 Å². The van der Waals surface area contributed by atoms with Gasteiger partial charge in [-0.3, -0.25) is 5.32 Å². The zero-order chi connectivity index (χ0) is 22.1. The molecule has 32 heavy (non-hydrogen) atoms. The molecule has 2 N–H and O–H groups in total. The van der Waals surface area contributed by atoms with Crippen LogP contribution in [-0.2, 0) is 12.8 Å². The van der Waals surface area contributed by atoms with E-state index in [1.54, 1.807) is 47.2 Å². The Kier molecular flexibility index (Phi) is 5.11. The van der Waals surface area contributed by atoms with E-state index < -0.39 is 6.04 Å². The maximum atomic E-state index is 13.3. The zero-order valence-electron chi connectivity index (χ0n) is 17.2. The Morgan fingerprint density at radius 3 is 2.38 bits per heavy atom. The molecule has 0 radical (unpaired) electrons. The van der Waals surface area contributed by atoms with Gasteiger partial charge in [0, 0.05) is 18.4 Å². The summed E-state index contributed by atoms with van der Waals surface area (Å²) in [5, 5.41) is 13.0. The number of hydrogen-bond donors (Lipinski definition) is 2. The number of nitrogens with one attached hydrogen (secondary N) is 1. The summed E-state index contributed by atoms with van der Waals surface area (Å²) in [6, 6.07) is 22.5. The van der Waals surface area contributed by atoms with Crippen molar-refractivity contribution in [2.45, 2.75) is 18.9 Å². The Bertz CT molecular complexity index is 1270. The summed E-state index contributed by atoms with van der Waals surface area (Å²) in [5.74, 6) is 0.462. The van der Waals surface area contributed by atoms with Crippen LogP contribution < -0.4 is 9.88 Å². The molecule has 0 fully saturated rings. The standard InChI is InChI=1S/C26H20FN3O2/c27-20-10-6-18(7-11-20)15-23-26(32)30-16-24(19-8-12-21(31)13-9-19)28-22(25(30)29-23)14-17-4-2-1-3-5-17/h1-13,16,23,31H,14-15H2/p+1. The number of aromatic hydroxyl groups is 1. The Hall–Kier alpha value is -4.06. The first-order valence-corrected chi connectivity index (χ1v) is 10.4. The van der Waals surface area contributed by atoms with E-state index in [0.29, 0.717) is 24.4 Å². The fraction of sp³-hybridized carbons (Fsp3) is 0.115. The van der Waals surface area contributed by atoms with Gasteiger partial charge >= 0.3 is 11.7 Å². The normalized spacial score (nSPS) is 14.8. The highest BCUT2D eigenvalue weighted by molar-refractivity contribution is 5.82. The molecule has 1 atom stereocenters. The lowest BCUT2D eigenvalue weighted by atomic mass is 10.1. The molecule has 0 aliphatic carbocycles. The Labute approximate surface area is 184 Å². The fourth-order valence-corrected chi connectivity index (χ4v) is 3.95. The van der Waals surface area contributed by atoms with Crippen LogP contribution in [0, 0.1) is 5.82 Å². The summed E-state index contributed by atoms with van der Waals surface area (Å²) in [4.78, 5) is 18.1. The molecule has 2 heterocycles. The molecule has 0 amide bonds. The zero-order valence-corrected chi connectivity index (χ0v) is 17.2. The predicted octanol–water partition coefficient (Wildman–Crippen LogP) is 4.15. The lowest BCUT2D eigenvalue weighted by Gasteiger charge is -2.07. The van der Waals surface area contributed by atoms with E-state index in [4.69, 9.17) is 4.98 Å². The van der Waals surface area contributed by atoms with E-state index in [9.17, 15) is 14.3 Å². The molecule has 1 aliphatic heterocycles. The minimum atomic E-state index is -0.466. The van der Waals surface area contributed by atoms with E-state index in [-0.39, 0.29) is 17.5 Å². The summed E-state index contributed by atoms with van der Waals surface area (Å²) in [5.41, 5.74) is 4.18. The van der Waals surface area contributed by atoms with Gasteiger partial charge in [0.05, 0.1) is 0 Å². The van der Waals surface area contributed by atoms with Crippen molar-refractivity contribution in [3.63, 3.8) is 0 Å². The highest BCUT2D eigenvalue weighted by Crippen LogP contribution is 2.26. The summed E-state index contributed by atoms with van der Waals surface area (Å²) in [6.45, 7) is 0. The maximum Gasteiger partial charge on any atom is 0.359 e. The van der Waals surface area contributed by atoms with E-state index in [1.165, 1.54) is 12.1 Å². The van der Waals surface area contributed by atoms with Gasteiger partial charge < -0.3 is 5.11 Å². The predicted molar refractivity (Wildman–Crippen MR) is 119 cm³/mol. The largest absolute Gasteiger partial charge is 0.508 e. The number of nitrogens with zero attached hydrogens (tertiary/aromatic N) is 2. The Balaban J connectivity index is 1.53. The van der Waals surface area contributed by atoms with Crippen molar-refractivity contribution in [1.82, 2.24) is 4.98 Å². The van der Waals surface area contributed by atoms with Gasteiger partial charge in [0.15, 0.2) is 6.04 Å². The summed E-state index contributed by atoms with van der Waals surface area (Å²) >= 11 is 0. The molecule has 5 rings (SSSR count). The highest BCUT2D eigenvalue weighted by Gasteiger charge is 2.41. The molecular weight excluding hydrogens is 405 g/mol. The number of carbonyl (C=O) groups excluding carboxylic acids is 1. The Morgan fingerprint density at radius 1 is 0.938 bits per heavy atom. The second-order valence-corrected chi connectivity index (χ2v) is 7.87. The van der Waals surface area contributed by atoms with Crippen LogP contribution >= 0.6 is 0 Å². The average Bonchev–Trinajstić information content (AvgIpc) is 3.12.